The van der Waals surface area contributed by atoms with Gasteiger partial charge < -0.3 is 10.5 Å². The fourth-order valence-corrected chi connectivity index (χ4v) is 3.20. The molecule has 0 bridgehead atoms. The van der Waals surface area contributed by atoms with Gasteiger partial charge in [-0.15, -0.1) is 0 Å². The van der Waals surface area contributed by atoms with Crippen LogP contribution in [0.5, 0.6) is 0 Å². The maximum absolute atomic E-state index is 11.6. The third-order valence-electron chi connectivity index (χ3n) is 2.80. The summed E-state index contributed by atoms with van der Waals surface area (Å²) in [4.78, 5) is 0. The van der Waals surface area contributed by atoms with Crippen LogP contribution in [0.4, 0.5) is 0 Å². The van der Waals surface area contributed by atoms with Crippen LogP contribution >= 0.6 is 0 Å². The molecule has 0 heterocycles. The highest BCUT2D eigenvalue weighted by molar-refractivity contribution is 7.89. The van der Waals surface area contributed by atoms with Crippen molar-refractivity contribution in [3.8, 4) is 0 Å². The van der Waals surface area contributed by atoms with E-state index in [-0.39, 0.29) is 30.2 Å². The normalized spacial score (nSPS) is 25.8. The van der Waals surface area contributed by atoms with Crippen LogP contribution in [0.15, 0.2) is 0 Å². The Morgan fingerprint density at radius 3 is 2.81 bits per heavy atom. The van der Waals surface area contributed by atoms with E-state index >= 15 is 0 Å². The summed E-state index contributed by atoms with van der Waals surface area (Å²) in [6.45, 7) is 0.173. The van der Waals surface area contributed by atoms with E-state index in [0.29, 0.717) is 0 Å². The molecule has 94 valence electrons. The topological polar surface area (TPSA) is 105 Å². The average Bonchev–Trinajstić information content (AvgIpc) is 2.62. The zero-order valence-electron chi connectivity index (χ0n) is 9.40. The molecular weight excluding hydrogens is 230 g/mol. The van der Waals surface area contributed by atoms with E-state index in [1.807, 2.05) is 0 Å². The Labute approximate surface area is 96.1 Å². The summed E-state index contributed by atoms with van der Waals surface area (Å²) in [5.41, 5.74) is 5.43. The fourth-order valence-electron chi connectivity index (χ4n) is 1.96. The molecule has 6 nitrogen and oxygen atoms in total. The van der Waals surface area contributed by atoms with E-state index in [0.717, 1.165) is 19.3 Å². The number of hydrogen-bond donors (Lipinski definition) is 3. The van der Waals surface area contributed by atoms with Gasteiger partial charge in [-0.3, -0.25) is 5.41 Å². The van der Waals surface area contributed by atoms with Crippen molar-refractivity contribution >= 4 is 15.9 Å². The number of sulfonamides is 1. The van der Waals surface area contributed by atoms with E-state index in [1.54, 1.807) is 0 Å². The Kier molecular flexibility index (Phi) is 4.69. The first-order valence-electron chi connectivity index (χ1n) is 5.29. The summed E-state index contributed by atoms with van der Waals surface area (Å²) in [6.07, 6.45) is 2.44. The summed E-state index contributed by atoms with van der Waals surface area (Å²) < 4.78 is 30.5. The molecule has 1 fully saturated rings. The fraction of sp³-hybridized carbons (Fsp3) is 0.889. The highest BCUT2D eigenvalue weighted by Gasteiger charge is 2.32. The van der Waals surface area contributed by atoms with Crippen LogP contribution in [-0.4, -0.2) is 39.8 Å². The Morgan fingerprint density at radius 1 is 1.56 bits per heavy atom. The molecule has 2 atom stereocenters. The van der Waals surface area contributed by atoms with Gasteiger partial charge in [-0.25, -0.2) is 13.1 Å². The van der Waals surface area contributed by atoms with Gasteiger partial charge in [-0.05, 0) is 12.8 Å². The maximum Gasteiger partial charge on any atom is 0.214 e. The second-order valence-electron chi connectivity index (χ2n) is 4.03. The van der Waals surface area contributed by atoms with Gasteiger partial charge in [0, 0.05) is 19.1 Å². The second kappa shape index (κ2) is 5.60. The van der Waals surface area contributed by atoms with Crippen molar-refractivity contribution in [2.45, 2.75) is 25.3 Å². The lowest BCUT2D eigenvalue weighted by Crippen LogP contribution is -2.43. The molecule has 0 aromatic rings. The quantitative estimate of drug-likeness (QED) is 0.442. The number of nitrogens with two attached hydrogens (primary N) is 1. The predicted molar refractivity (Wildman–Crippen MR) is 61.8 cm³/mol. The van der Waals surface area contributed by atoms with Crippen molar-refractivity contribution in [3.05, 3.63) is 0 Å². The summed E-state index contributed by atoms with van der Waals surface area (Å²) in [5.74, 6) is -0.140. The SMILES string of the molecule is COCCS(=O)(=O)NC1CCCC1C(=N)N. The van der Waals surface area contributed by atoms with E-state index in [1.165, 1.54) is 7.11 Å². The minimum Gasteiger partial charge on any atom is -0.387 e. The van der Waals surface area contributed by atoms with Gasteiger partial charge in [0.05, 0.1) is 18.2 Å². The third kappa shape index (κ3) is 3.73. The molecule has 0 aromatic heterocycles. The van der Waals surface area contributed by atoms with Crippen LogP contribution in [0.25, 0.3) is 0 Å². The molecule has 0 amide bonds. The van der Waals surface area contributed by atoms with Crippen molar-refractivity contribution < 1.29 is 13.2 Å². The summed E-state index contributed by atoms with van der Waals surface area (Å²) in [6, 6.07) is -0.223. The Morgan fingerprint density at radius 2 is 2.25 bits per heavy atom. The molecule has 0 aromatic carbocycles. The lowest BCUT2D eigenvalue weighted by molar-refractivity contribution is 0.216. The minimum atomic E-state index is -3.32. The molecule has 1 rings (SSSR count). The Bertz CT molecular complexity index is 342. The largest absolute Gasteiger partial charge is 0.387 e. The minimum absolute atomic E-state index is 0.0510. The van der Waals surface area contributed by atoms with Gasteiger partial charge in [0.25, 0.3) is 0 Å². The smallest absolute Gasteiger partial charge is 0.214 e. The lowest BCUT2D eigenvalue weighted by Gasteiger charge is -2.19. The van der Waals surface area contributed by atoms with Crippen LogP contribution in [0.2, 0.25) is 0 Å². The molecule has 1 aliphatic rings. The first-order valence-corrected chi connectivity index (χ1v) is 6.94. The molecule has 1 aliphatic carbocycles. The van der Waals surface area contributed by atoms with Crippen molar-refractivity contribution in [1.82, 2.24) is 4.72 Å². The van der Waals surface area contributed by atoms with Crippen molar-refractivity contribution in [1.29, 1.82) is 5.41 Å². The first-order chi connectivity index (χ1) is 7.46. The monoisotopic (exact) mass is 249 g/mol. The van der Waals surface area contributed by atoms with Crippen LogP contribution in [-0.2, 0) is 14.8 Å². The molecule has 7 heteroatoms. The summed E-state index contributed by atoms with van der Waals surface area (Å²) in [5, 5.41) is 7.39. The second-order valence-corrected chi connectivity index (χ2v) is 5.90. The Hall–Kier alpha value is -0.660. The van der Waals surface area contributed by atoms with Crippen LogP contribution in [0, 0.1) is 11.3 Å². The van der Waals surface area contributed by atoms with E-state index in [2.05, 4.69) is 4.72 Å². The number of amidine groups is 1. The molecule has 0 saturated heterocycles. The summed E-state index contributed by atoms with van der Waals surface area (Å²) in [7, 11) is -1.86. The van der Waals surface area contributed by atoms with E-state index < -0.39 is 10.0 Å². The molecule has 0 aliphatic heterocycles. The standard InChI is InChI=1S/C9H19N3O3S/c1-15-5-6-16(13,14)12-8-4-2-3-7(8)9(10)11/h7-8,12H,2-6H2,1H3,(H3,10,11). The van der Waals surface area contributed by atoms with Gasteiger partial charge in [0.1, 0.15) is 0 Å². The van der Waals surface area contributed by atoms with Gasteiger partial charge in [-0.1, -0.05) is 6.42 Å². The molecule has 1 saturated carbocycles. The van der Waals surface area contributed by atoms with Gasteiger partial charge in [-0.2, -0.15) is 0 Å². The van der Waals surface area contributed by atoms with E-state index in [9.17, 15) is 8.42 Å². The van der Waals surface area contributed by atoms with Crippen molar-refractivity contribution in [2.24, 2.45) is 11.7 Å². The van der Waals surface area contributed by atoms with Crippen LogP contribution in [0.1, 0.15) is 19.3 Å². The Balaban J connectivity index is 2.56. The number of ether oxygens (including phenoxy) is 1. The first kappa shape index (κ1) is 13.4. The van der Waals surface area contributed by atoms with Gasteiger partial charge in [0.15, 0.2) is 0 Å². The number of methoxy groups -OCH3 is 1. The average molecular weight is 249 g/mol. The molecule has 16 heavy (non-hydrogen) atoms. The van der Waals surface area contributed by atoms with Crippen LogP contribution < -0.4 is 10.5 Å². The van der Waals surface area contributed by atoms with Crippen molar-refractivity contribution in [2.75, 3.05) is 19.5 Å². The number of rotatable bonds is 6. The number of hydrogen-bond acceptors (Lipinski definition) is 4. The molecule has 4 N–H and O–H groups in total. The molecular formula is C9H19N3O3S. The highest BCUT2D eigenvalue weighted by Crippen LogP contribution is 2.25. The molecule has 2 unspecified atom stereocenters. The van der Waals surface area contributed by atoms with Gasteiger partial charge in [0.2, 0.25) is 10.0 Å². The highest BCUT2D eigenvalue weighted by atomic mass is 32.2. The predicted octanol–water partition coefficient (Wildman–Crippen LogP) is -0.343. The lowest BCUT2D eigenvalue weighted by atomic mass is 10.0. The molecule has 0 spiro atoms. The van der Waals surface area contributed by atoms with Crippen molar-refractivity contribution in [3.63, 3.8) is 0 Å². The zero-order chi connectivity index (χ0) is 12.2. The number of nitrogens with one attached hydrogen (secondary N) is 2. The molecule has 0 radical (unpaired) electrons. The van der Waals surface area contributed by atoms with Gasteiger partial charge >= 0.3 is 0 Å². The van der Waals surface area contributed by atoms with E-state index in [4.69, 9.17) is 15.9 Å². The maximum atomic E-state index is 11.6. The summed E-state index contributed by atoms with van der Waals surface area (Å²) >= 11 is 0. The van der Waals surface area contributed by atoms with Crippen LogP contribution in [0.3, 0.4) is 0 Å². The third-order valence-corrected chi connectivity index (χ3v) is 4.17. The zero-order valence-corrected chi connectivity index (χ0v) is 10.2.